The maximum Gasteiger partial charge on any atom is 0.251 e. The van der Waals surface area contributed by atoms with Gasteiger partial charge in [0.2, 0.25) is 0 Å². The molecule has 9 heteroatoms. The van der Waals surface area contributed by atoms with Crippen molar-refractivity contribution in [3.8, 4) is 5.75 Å². The third-order valence-corrected chi connectivity index (χ3v) is 6.68. The average molecular weight is 477 g/mol. The lowest BCUT2D eigenvalue weighted by atomic mass is 9.93. The molecule has 3 aromatic rings. The van der Waals surface area contributed by atoms with E-state index in [9.17, 15) is 9.90 Å². The number of benzene rings is 1. The van der Waals surface area contributed by atoms with E-state index in [1.165, 1.54) is 17.5 Å². The summed E-state index contributed by atoms with van der Waals surface area (Å²) in [7, 11) is 0. The van der Waals surface area contributed by atoms with E-state index >= 15 is 0 Å². The predicted molar refractivity (Wildman–Crippen MR) is 132 cm³/mol. The minimum atomic E-state index is -0.646. The zero-order valence-corrected chi connectivity index (χ0v) is 19.7. The van der Waals surface area contributed by atoms with Crippen molar-refractivity contribution in [2.24, 2.45) is 0 Å². The number of pyridine rings is 1. The number of H-pyrrole nitrogens is 1. The Morgan fingerprint density at radius 1 is 1.26 bits per heavy atom. The molecular formula is C26H32N6O3. The molecule has 1 aliphatic heterocycles. The van der Waals surface area contributed by atoms with Crippen molar-refractivity contribution in [2.45, 2.75) is 51.0 Å². The molecule has 0 bridgehead atoms. The largest absolute Gasteiger partial charge is 0.489 e. The minimum Gasteiger partial charge on any atom is -0.489 e. The molecule has 35 heavy (non-hydrogen) atoms. The van der Waals surface area contributed by atoms with E-state index in [1.54, 1.807) is 24.5 Å². The Hall–Kier alpha value is -3.43. The number of hydrogen-bond donors (Lipinski definition) is 4. The number of aromatic nitrogens is 3. The number of fused-ring (bicyclic) bond motifs is 1. The van der Waals surface area contributed by atoms with Gasteiger partial charge in [-0.1, -0.05) is 6.07 Å². The smallest absolute Gasteiger partial charge is 0.251 e. The summed E-state index contributed by atoms with van der Waals surface area (Å²) in [6.45, 7) is 2.81. The summed E-state index contributed by atoms with van der Waals surface area (Å²) in [5, 5.41) is 23.5. The van der Waals surface area contributed by atoms with E-state index in [0.29, 0.717) is 24.8 Å². The van der Waals surface area contributed by atoms with Gasteiger partial charge in [0.1, 0.15) is 18.2 Å². The van der Waals surface area contributed by atoms with Crippen molar-refractivity contribution in [3.05, 3.63) is 71.2 Å². The Kier molecular flexibility index (Phi) is 7.25. The molecule has 5 rings (SSSR count). The van der Waals surface area contributed by atoms with Gasteiger partial charge in [0.05, 0.1) is 12.3 Å². The number of anilines is 1. The predicted octanol–water partition coefficient (Wildman–Crippen LogP) is 2.50. The van der Waals surface area contributed by atoms with Gasteiger partial charge in [0.25, 0.3) is 5.91 Å². The first-order valence-corrected chi connectivity index (χ1v) is 12.3. The van der Waals surface area contributed by atoms with Crippen molar-refractivity contribution in [1.29, 1.82) is 0 Å². The number of β-amino-alcohol motifs (C(OH)–C–C–N with tert-alkyl or cyclic N) is 1. The van der Waals surface area contributed by atoms with E-state index < -0.39 is 6.10 Å². The standard InChI is InChI=1S/C26H32N6O3/c33-23(14-28-26(34)20-6-8-27-25(11-20)31-22-2-1-3-22)16-32-9-7-19-10-24(5-4-21(19)15-32)35-17-18-12-29-30-13-18/h4-6,8,10-13,22-23,33H,1-3,7,9,14-17H2,(H,27,31)(H,28,34)(H,29,30). The molecule has 3 heterocycles. The van der Waals surface area contributed by atoms with E-state index in [2.05, 4.69) is 42.8 Å². The zero-order valence-electron chi connectivity index (χ0n) is 19.7. The lowest BCUT2D eigenvalue weighted by molar-refractivity contribution is 0.0841. The van der Waals surface area contributed by atoms with Crippen LogP contribution in [0.2, 0.25) is 0 Å². The second kappa shape index (κ2) is 10.9. The number of aromatic amines is 1. The number of nitrogens with one attached hydrogen (secondary N) is 3. The first-order valence-electron chi connectivity index (χ1n) is 12.3. The second-order valence-electron chi connectivity index (χ2n) is 9.38. The molecule has 2 aromatic heterocycles. The van der Waals surface area contributed by atoms with Crippen LogP contribution in [0.25, 0.3) is 0 Å². The Balaban J connectivity index is 1.07. The van der Waals surface area contributed by atoms with Crippen molar-refractivity contribution in [1.82, 2.24) is 25.4 Å². The topological polar surface area (TPSA) is 115 Å². The molecule has 4 N–H and O–H groups in total. The Bertz CT molecular complexity index is 1130. The first kappa shape index (κ1) is 23.3. The van der Waals surface area contributed by atoms with Gasteiger partial charge < -0.3 is 20.5 Å². The highest BCUT2D eigenvalue weighted by molar-refractivity contribution is 5.94. The van der Waals surface area contributed by atoms with Crippen molar-refractivity contribution in [2.75, 3.05) is 25.0 Å². The number of ether oxygens (including phenoxy) is 1. The van der Waals surface area contributed by atoms with Crippen LogP contribution in [0.1, 0.15) is 46.3 Å². The van der Waals surface area contributed by atoms with Crippen molar-refractivity contribution in [3.63, 3.8) is 0 Å². The normalized spacial score (nSPS) is 16.7. The fraction of sp³-hybridized carbons (Fsp3) is 0.423. The number of aliphatic hydroxyl groups excluding tert-OH is 1. The van der Waals surface area contributed by atoms with Gasteiger partial charge in [-0.05, 0) is 61.1 Å². The highest BCUT2D eigenvalue weighted by Gasteiger charge is 2.21. The lowest BCUT2D eigenvalue weighted by Gasteiger charge is -2.30. The van der Waals surface area contributed by atoms with E-state index in [1.807, 2.05) is 12.3 Å². The first-order chi connectivity index (χ1) is 17.1. The van der Waals surface area contributed by atoms with E-state index in [4.69, 9.17) is 4.74 Å². The van der Waals surface area contributed by atoms with Crippen LogP contribution in [0.15, 0.2) is 48.9 Å². The number of hydrogen-bond acceptors (Lipinski definition) is 7. The third kappa shape index (κ3) is 6.17. The second-order valence-corrected chi connectivity index (χ2v) is 9.38. The van der Waals surface area contributed by atoms with Crippen LogP contribution in [0, 0.1) is 0 Å². The summed E-state index contributed by atoms with van der Waals surface area (Å²) in [5.74, 6) is 1.38. The van der Waals surface area contributed by atoms with Gasteiger partial charge in [0, 0.05) is 55.7 Å². The van der Waals surface area contributed by atoms with Crippen molar-refractivity contribution < 1.29 is 14.6 Å². The highest BCUT2D eigenvalue weighted by atomic mass is 16.5. The van der Waals surface area contributed by atoms with Gasteiger partial charge in [-0.2, -0.15) is 5.10 Å². The van der Waals surface area contributed by atoms with Crippen LogP contribution in [0.4, 0.5) is 5.82 Å². The Labute approximate surface area is 204 Å². The van der Waals surface area contributed by atoms with Crippen molar-refractivity contribution >= 4 is 11.7 Å². The molecule has 1 saturated carbocycles. The lowest BCUT2D eigenvalue weighted by Crippen LogP contribution is -2.42. The van der Waals surface area contributed by atoms with E-state index in [0.717, 1.165) is 49.5 Å². The number of nitrogens with zero attached hydrogens (tertiary/aromatic N) is 3. The van der Waals surface area contributed by atoms with Gasteiger partial charge in [0.15, 0.2) is 0 Å². The molecule has 1 amide bonds. The molecule has 9 nitrogen and oxygen atoms in total. The summed E-state index contributed by atoms with van der Waals surface area (Å²) in [5.41, 5.74) is 4.07. The summed E-state index contributed by atoms with van der Waals surface area (Å²) in [6.07, 6.45) is 9.00. The molecular weight excluding hydrogens is 444 g/mol. The Morgan fingerprint density at radius 3 is 2.97 bits per heavy atom. The molecule has 1 fully saturated rings. The third-order valence-electron chi connectivity index (χ3n) is 6.68. The molecule has 1 atom stereocenters. The highest BCUT2D eigenvalue weighted by Crippen LogP contribution is 2.25. The minimum absolute atomic E-state index is 0.199. The number of amides is 1. The number of rotatable bonds is 10. The molecule has 0 saturated heterocycles. The Morgan fingerprint density at radius 2 is 2.17 bits per heavy atom. The van der Waals surface area contributed by atoms with Crippen LogP contribution < -0.4 is 15.4 Å². The SMILES string of the molecule is O=C(NCC(O)CN1CCc2cc(OCc3cn[nH]c3)ccc2C1)c1ccnc(NC2CCC2)c1. The van der Waals surface area contributed by atoms with Gasteiger partial charge in [-0.3, -0.25) is 14.8 Å². The maximum atomic E-state index is 12.6. The fourth-order valence-electron chi connectivity index (χ4n) is 4.44. The van der Waals surface area contributed by atoms with Gasteiger partial charge >= 0.3 is 0 Å². The zero-order chi connectivity index (χ0) is 24.0. The molecule has 1 unspecified atom stereocenters. The van der Waals surface area contributed by atoms with Crippen LogP contribution in [0.5, 0.6) is 5.75 Å². The molecule has 1 aromatic carbocycles. The molecule has 2 aliphatic rings. The molecule has 0 spiro atoms. The molecule has 1 aliphatic carbocycles. The van der Waals surface area contributed by atoms with Gasteiger partial charge in [-0.25, -0.2) is 4.98 Å². The quantitative estimate of drug-likeness (QED) is 0.355. The van der Waals surface area contributed by atoms with Crippen LogP contribution in [0.3, 0.4) is 0 Å². The average Bonchev–Trinajstić information content (AvgIpc) is 3.37. The molecule has 0 radical (unpaired) electrons. The van der Waals surface area contributed by atoms with E-state index in [-0.39, 0.29) is 12.5 Å². The fourth-order valence-corrected chi connectivity index (χ4v) is 4.44. The number of carbonyl (C=O) groups excluding carboxylic acids is 1. The van der Waals surface area contributed by atoms with Crippen LogP contribution >= 0.6 is 0 Å². The van der Waals surface area contributed by atoms with Crippen LogP contribution in [-0.2, 0) is 19.6 Å². The summed E-state index contributed by atoms with van der Waals surface area (Å²) < 4.78 is 5.87. The number of aliphatic hydroxyl groups is 1. The summed E-state index contributed by atoms with van der Waals surface area (Å²) >= 11 is 0. The van der Waals surface area contributed by atoms with Crippen LogP contribution in [-0.4, -0.2) is 62.9 Å². The van der Waals surface area contributed by atoms with Gasteiger partial charge in [-0.15, -0.1) is 0 Å². The monoisotopic (exact) mass is 476 g/mol. The summed E-state index contributed by atoms with van der Waals surface area (Å²) in [4.78, 5) is 19.1. The molecule has 184 valence electrons. The maximum absolute atomic E-state index is 12.6. The summed E-state index contributed by atoms with van der Waals surface area (Å²) in [6, 6.07) is 10.1. The number of carbonyl (C=O) groups is 1.